The minimum Gasteiger partial charge on any atom is -0.378 e. The van der Waals surface area contributed by atoms with Gasteiger partial charge < -0.3 is 10.1 Å². The first-order chi connectivity index (χ1) is 16.1. The van der Waals surface area contributed by atoms with E-state index in [2.05, 4.69) is 20.2 Å². The van der Waals surface area contributed by atoms with Crippen LogP contribution < -0.4 is 5.32 Å². The quantitative estimate of drug-likeness (QED) is 0.562. The molecule has 12 heteroatoms. The smallest absolute Gasteiger partial charge is 0.378 e. The number of hydrogen-bond donors (Lipinski definition) is 1. The van der Waals surface area contributed by atoms with Gasteiger partial charge in [-0.3, -0.25) is 14.3 Å². The Hall–Kier alpha value is -3.38. The maximum atomic E-state index is 14.7. The Morgan fingerprint density at radius 2 is 2.06 bits per heavy atom. The fraction of sp³-hybridized carbons (Fsp3) is 0.318. The van der Waals surface area contributed by atoms with Crippen LogP contribution in [-0.2, 0) is 22.1 Å². The van der Waals surface area contributed by atoms with E-state index in [1.165, 1.54) is 17.1 Å². The van der Waals surface area contributed by atoms with Gasteiger partial charge in [0.2, 0.25) is 5.91 Å². The maximum Gasteiger partial charge on any atom is 0.419 e. The monoisotopic (exact) mass is 481 g/mol. The van der Waals surface area contributed by atoms with Gasteiger partial charge in [-0.05, 0) is 18.7 Å². The lowest BCUT2D eigenvalue weighted by atomic mass is 10.1. The van der Waals surface area contributed by atoms with E-state index in [-0.39, 0.29) is 17.5 Å². The van der Waals surface area contributed by atoms with E-state index in [1.807, 2.05) is 7.05 Å². The number of alkyl halides is 3. The fourth-order valence-electron chi connectivity index (χ4n) is 3.63. The Bertz CT molecular complexity index is 1200. The number of likely N-dealkylation sites (N-methyl/N-ethyl adjacent to an activating group) is 1. The van der Waals surface area contributed by atoms with Gasteiger partial charge >= 0.3 is 6.18 Å². The van der Waals surface area contributed by atoms with E-state index < -0.39 is 41.3 Å². The second-order valence-corrected chi connectivity index (χ2v) is 7.81. The topological polar surface area (TPSA) is 72.3 Å². The molecule has 0 radical (unpaired) electrons. The molecule has 2 aromatic heterocycles. The van der Waals surface area contributed by atoms with Gasteiger partial charge in [-0.15, -0.1) is 0 Å². The Kier molecular flexibility index (Phi) is 6.62. The molecular weight excluding hydrogens is 461 g/mol. The number of rotatable bonds is 5. The van der Waals surface area contributed by atoms with Crippen molar-refractivity contribution in [3.8, 4) is 5.82 Å². The van der Waals surface area contributed by atoms with E-state index in [4.69, 9.17) is 4.74 Å². The number of morpholine rings is 1. The van der Waals surface area contributed by atoms with Gasteiger partial charge in [0.15, 0.2) is 11.6 Å². The van der Waals surface area contributed by atoms with Gasteiger partial charge in [0.05, 0.1) is 48.8 Å². The van der Waals surface area contributed by atoms with Crippen LogP contribution in [0, 0.1) is 11.6 Å². The number of aromatic nitrogens is 3. The van der Waals surface area contributed by atoms with E-state index in [9.17, 15) is 26.7 Å². The lowest BCUT2D eigenvalue weighted by molar-refractivity contribution is -0.140. The molecule has 3 aromatic rings. The lowest BCUT2D eigenvalue weighted by Crippen LogP contribution is -2.36. The molecule has 3 heterocycles. The van der Waals surface area contributed by atoms with Crippen molar-refractivity contribution in [2.75, 3.05) is 32.1 Å². The number of nitrogens with zero attached hydrogens (tertiary/aromatic N) is 4. The highest BCUT2D eigenvalue weighted by Crippen LogP contribution is 2.32. The zero-order valence-corrected chi connectivity index (χ0v) is 17.9. The number of carbonyl (C=O) groups is 1. The van der Waals surface area contributed by atoms with Gasteiger partial charge in [0.25, 0.3) is 0 Å². The maximum absolute atomic E-state index is 14.7. The third-order valence-corrected chi connectivity index (χ3v) is 5.43. The number of benzene rings is 1. The van der Waals surface area contributed by atoms with Crippen molar-refractivity contribution in [2.24, 2.45) is 0 Å². The molecule has 1 aliphatic rings. The van der Waals surface area contributed by atoms with Gasteiger partial charge in [-0.2, -0.15) is 13.2 Å². The molecule has 0 bridgehead atoms. The summed E-state index contributed by atoms with van der Waals surface area (Å²) in [6.45, 7) is 1.82. The zero-order chi connectivity index (χ0) is 24.5. The minimum atomic E-state index is -4.88. The summed E-state index contributed by atoms with van der Waals surface area (Å²) < 4.78 is 74.3. The molecule has 1 saturated heterocycles. The summed E-state index contributed by atoms with van der Waals surface area (Å²) in [6, 6.07) is 3.62. The van der Waals surface area contributed by atoms with Crippen LogP contribution in [0.3, 0.4) is 0 Å². The highest BCUT2D eigenvalue weighted by atomic mass is 19.4. The first-order valence-corrected chi connectivity index (χ1v) is 10.3. The Morgan fingerprint density at radius 3 is 2.76 bits per heavy atom. The predicted octanol–water partition coefficient (Wildman–Crippen LogP) is 3.75. The molecule has 1 aliphatic heterocycles. The summed E-state index contributed by atoms with van der Waals surface area (Å²) in [5, 5.41) is 2.32. The molecule has 1 aromatic carbocycles. The largest absolute Gasteiger partial charge is 0.419 e. The Morgan fingerprint density at radius 1 is 1.26 bits per heavy atom. The lowest BCUT2D eigenvalue weighted by Gasteiger charge is -2.31. The molecule has 1 amide bonds. The van der Waals surface area contributed by atoms with Gasteiger partial charge in [0.1, 0.15) is 12.1 Å². The number of imidazole rings is 1. The fourth-order valence-corrected chi connectivity index (χ4v) is 3.63. The SMILES string of the molecule is CN1CCOCC1c1cn(-c2ncc(NC(=O)Cc3cccc(C(F)(F)F)c3F)cc2F)cn1. The van der Waals surface area contributed by atoms with Crippen molar-refractivity contribution in [1.29, 1.82) is 0 Å². The molecule has 1 N–H and O–H groups in total. The Balaban J connectivity index is 1.46. The second-order valence-electron chi connectivity index (χ2n) is 7.81. The molecule has 7 nitrogen and oxygen atoms in total. The molecule has 0 spiro atoms. The summed E-state index contributed by atoms with van der Waals surface area (Å²) >= 11 is 0. The number of ether oxygens (including phenoxy) is 1. The van der Waals surface area contributed by atoms with E-state index in [0.29, 0.717) is 25.0 Å². The van der Waals surface area contributed by atoms with Crippen LogP contribution in [-0.4, -0.2) is 52.1 Å². The summed E-state index contributed by atoms with van der Waals surface area (Å²) in [6.07, 6.45) is -1.31. The van der Waals surface area contributed by atoms with Crippen LogP contribution in [0.25, 0.3) is 5.82 Å². The average Bonchev–Trinajstić information content (AvgIpc) is 3.24. The molecule has 1 atom stereocenters. The third-order valence-electron chi connectivity index (χ3n) is 5.43. The first kappa shape index (κ1) is 23.8. The van der Waals surface area contributed by atoms with E-state index >= 15 is 0 Å². The van der Waals surface area contributed by atoms with E-state index in [1.54, 1.807) is 6.20 Å². The molecule has 1 unspecified atom stereocenters. The van der Waals surface area contributed by atoms with Crippen molar-refractivity contribution in [3.63, 3.8) is 0 Å². The summed E-state index contributed by atoms with van der Waals surface area (Å²) in [5.74, 6) is -3.16. The van der Waals surface area contributed by atoms with Crippen molar-refractivity contribution < 1.29 is 31.5 Å². The van der Waals surface area contributed by atoms with Crippen molar-refractivity contribution in [3.05, 3.63) is 71.4 Å². The third kappa shape index (κ3) is 5.07. The highest BCUT2D eigenvalue weighted by molar-refractivity contribution is 5.92. The van der Waals surface area contributed by atoms with Gasteiger partial charge in [-0.25, -0.2) is 18.7 Å². The van der Waals surface area contributed by atoms with Gasteiger partial charge in [-0.1, -0.05) is 12.1 Å². The van der Waals surface area contributed by atoms with Crippen molar-refractivity contribution in [2.45, 2.75) is 18.6 Å². The number of hydrogen-bond acceptors (Lipinski definition) is 5. The molecule has 34 heavy (non-hydrogen) atoms. The molecule has 0 saturated carbocycles. The number of halogens is 5. The van der Waals surface area contributed by atoms with Crippen LogP contribution >= 0.6 is 0 Å². The van der Waals surface area contributed by atoms with Crippen LogP contribution in [0.2, 0.25) is 0 Å². The molecule has 0 aliphatic carbocycles. The average molecular weight is 481 g/mol. The van der Waals surface area contributed by atoms with Crippen LogP contribution in [0.4, 0.5) is 27.6 Å². The summed E-state index contributed by atoms with van der Waals surface area (Å²) in [7, 11) is 1.94. The van der Waals surface area contributed by atoms with Crippen LogP contribution in [0.1, 0.15) is 22.9 Å². The first-order valence-electron chi connectivity index (χ1n) is 10.3. The number of anilines is 1. The second kappa shape index (κ2) is 9.47. The zero-order valence-electron chi connectivity index (χ0n) is 17.9. The predicted molar refractivity (Wildman–Crippen MR) is 111 cm³/mol. The summed E-state index contributed by atoms with van der Waals surface area (Å²) in [4.78, 5) is 22.6. The van der Waals surface area contributed by atoms with E-state index in [0.717, 1.165) is 24.7 Å². The Labute approximate surface area is 191 Å². The minimum absolute atomic E-state index is 0.0283. The van der Waals surface area contributed by atoms with Crippen molar-refractivity contribution >= 4 is 11.6 Å². The number of pyridine rings is 1. The van der Waals surface area contributed by atoms with Crippen LogP contribution in [0.15, 0.2) is 43.0 Å². The number of nitrogens with one attached hydrogen (secondary N) is 1. The van der Waals surface area contributed by atoms with Crippen molar-refractivity contribution in [1.82, 2.24) is 19.4 Å². The molecular formula is C22H20F5N5O2. The summed E-state index contributed by atoms with van der Waals surface area (Å²) in [5.41, 5.74) is -1.23. The van der Waals surface area contributed by atoms with Crippen LogP contribution in [0.5, 0.6) is 0 Å². The number of amides is 1. The standard InChI is InChI=1S/C22H20F5N5O2/c1-31-5-6-34-11-18(31)17-10-32(12-29-17)21-16(23)8-14(9-28-21)30-19(33)7-13-3-2-4-15(20(13)24)22(25,26)27/h2-4,8-10,12,18H,5-7,11H2,1H3,(H,30,33). The molecule has 4 rings (SSSR count). The molecule has 1 fully saturated rings. The number of carbonyl (C=O) groups excluding carboxylic acids is 1. The van der Waals surface area contributed by atoms with Gasteiger partial charge in [0, 0.05) is 18.8 Å². The highest BCUT2D eigenvalue weighted by Gasteiger charge is 2.35. The normalized spacial score (nSPS) is 17.1. The molecule has 180 valence electrons.